The van der Waals surface area contributed by atoms with Crippen LogP contribution in [0.4, 0.5) is 0 Å². The van der Waals surface area contributed by atoms with Gasteiger partial charge in [0.1, 0.15) is 5.56 Å². The van der Waals surface area contributed by atoms with Gasteiger partial charge in [-0.05, 0) is 49.7 Å². The van der Waals surface area contributed by atoms with Crippen LogP contribution in [0.1, 0.15) is 27.3 Å². The Bertz CT molecular complexity index is 983. The molecule has 0 aliphatic heterocycles. The molecule has 0 fully saturated rings. The van der Waals surface area contributed by atoms with Crippen LogP contribution in [0.2, 0.25) is 0 Å². The van der Waals surface area contributed by atoms with Crippen molar-refractivity contribution in [3.8, 4) is 11.3 Å². The monoisotopic (exact) mass is 335 g/mol. The number of aromatic amines is 1. The summed E-state index contributed by atoms with van der Waals surface area (Å²) in [5.74, 6) is -0.379. The average Bonchev–Trinajstić information content (AvgIpc) is 2.91. The number of hydrogen-bond acceptors (Lipinski definition) is 2. The molecule has 3 aromatic rings. The first-order valence-electron chi connectivity index (χ1n) is 8.15. The van der Waals surface area contributed by atoms with Crippen LogP contribution in [-0.2, 0) is 13.6 Å². The van der Waals surface area contributed by atoms with Crippen molar-refractivity contribution in [3.63, 3.8) is 0 Å². The zero-order valence-corrected chi connectivity index (χ0v) is 14.6. The molecule has 2 aromatic heterocycles. The Morgan fingerprint density at radius 2 is 1.92 bits per heavy atom. The first-order chi connectivity index (χ1) is 12.0. The van der Waals surface area contributed by atoms with Crippen LogP contribution >= 0.6 is 0 Å². The molecule has 0 saturated heterocycles. The number of hydrogen-bond donors (Lipinski definition) is 2. The number of rotatable bonds is 4. The molecule has 2 N–H and O–H groups in total. The fourth-order valence-corrected chi connectivity index (χ4v) is 2.74. The van der Waals surface area contributed by atoms with Crippen molar-refractivity contribution in [2.75, 3.05) is 0 Å². The second kappa shape index (κ2) is 6.81. The van der Waals surface area contributed by atoms with Gasteiger partial charge in [-0.25, -0.2) is 0 Å². The maximum absolute atomic E-state index is 12.3. The molecule has 0 spiro atoms. The molecule has 0 radical (unpaired) electrons. The van der Waals surface area contributed by atoms with Crippen LogP contribution in [0.15, 0.2) is 53.3 Å². The number of amides is 1. The van der Waals surface area contributed by atoms with Crippen LogP contribution < -0.4 is 10.9 Å². The van der Waals surface area contributed by atoms with E-state index in [2.05, 4.69) is 10.3 Å². The van der Waals surface area contributed by atoms with Gasteiger partial charge in [0.15, 0.2) is 0 Å². The summed E-state index contributed by atoms with van der Waals surface area (Å²) >= 11 is 0. The number of pyridine rings is 1. The van der Waals surface area contributed by atoms with E-state index in [0.717, 1.165) is 22.5 Å². The van der Waals surface area contributed by atoms with E-state index in [-0.39, 0.29) is 17.0 Å². The molecule has 3 rings (SSSR count). The van der Waals surface area contributed by atoms with E-state index in [1.807, 2.05) is 61.9 Å². The Hall–Kier alpha value is -3.08. The van der Waals surface area contributed by atoms with E-state index in [4.69, 9.17) is 0 Å². The van der Waals surface area contributed by atoms with Crippen molar-refractivity contribution in [3.05, 3.63) is 81.4 Å². The van der Waals surface area contributed by atoms with Crippen LogP contribution in [-0.4, -0.2) is 15.5 Å². The van der Waals surface area contributed by atoms with Gasteiger partial charge < -0.3 is 14.9 Å². The lowest BCUT2D eigenvalue weighted by Gasteiger charge is -2.08. The molecule has 0 bridgehead atoms. The van der Waals surface area contributed by atoms with Crippen molar-refractivity contribution in [2.24, 2.45) is 7.05 Å². The molecule has 5 nitrogen and oxygen atoms in total. The Morgan fingerprint density at radius 1 is 1.12 bits per heavy atom. The summed E-state index contributed by atoms with van der Waals surface area (Å²) in [5, 5.41) is 2.80. The number of aromatic nitrogens is 2. The minimum absolute atomic E-state index is 0.113. The molecule has 0 aliphatic carbocycles. The van der Waals surface area contributed by atoms with E-state index in [0.29, 0.717) is 12.2 Å². The fourth-order valence-electron chi connectivity index (χ4n) is 2.74. The first kappa shape index (κ1) is 16.8. The van der Waals surface area contributed by atoms with E-state index in [1.54, 1.807) is 12.1 Å². The van der Waals surface area contributed by atoms with Crippen molar-refractivity contribution in [1.82, 2.24) is 14.9 Å². The Kier molecular flexibility index (Phi) is 4.57. The van der Waals surface area contributed by atoms with Crippen molar-refractivity contribution in [2.45, 2.75) is 20.4 Å². The van der Waals surface area contributed by atoms with Gasteiger partial charge in [-0.1, -0.05) is 23.8 Å². The third kappa shape index (κ3) is 3.55. The van der Waals surface area contributed by atoms with Gasteiger partial charge in [0.2, 0.25) is 0 Å². The highest BCUT2D eigenvalue weighted by Gasteiger charge is 2.12. The number of nitrogens with one attached hydrogen (secondary N) is 2. The Morgan fingerprint density at radius 3 is 2.56 bits per heavy atom. The van der Waals surface area contributed by atoms with Gasteiger partial charge >= 0.3 is 0 Å². The van der Waals surface area contributed by atoms with Crippen LogP contribution in [0.3, 0.4) is 0 Å². The van der Waals surface area contributed by atoms with Gasteiger partial charge in [0, 0.05) is 24.1 Å². The molecular weight excluding hydrogens is 314 g/mol. The lowest BCUT2D eigenvalue weighted by Crippen LogP contribution is -2.29. The summed E-state index contributed by atoms with van der Waals surface area (Å²) < 4.78 is 2.01. The molecule has 1 aromatic carbocycles. The maximum atomic E-state index is 12.3. The number of carbonyl (C=O) groups is 1. The maximum Gasteiger partial charge on any atom is 0.261 e. The van der Waals surface area contributed by atoms with Crippen LogP contribution in [0, 0.1) is 13.8 Å². The summed E-state index contributed by atoms with van der Waals surface area (Å²) in [6.45, 7) is 4.37. The number of H-pyrrole nitrogens is 1. The predicted octanol–water partition coefficient (Wildman–Crippen LogP) is 2.93. The topological polar surface area (TPSA) is 66.9 Å². The zero-order chi connectivity index (χ0) is 18.0. The molecule has 0 unspecified atom stereocenters. The van der Waals surface area contributed by atoms with Crippen molar-refractivity contribution >= 4 is 5.91 Å². The van der Waals surface area contributed by atoms with Gasteiger partial charge in [-0.2, -0.15) is 0 Å². The van der Waals surface area contributed by atoms with E-state index in [1.165, 1.54) is 0 Å². The molecule has 25 heavy (non-hydrogen) atoms. The Labute approximate surface area is 146 Å². The highest BCUT2D eigenvalue weighted by Crippen LogP contribution is 2.17. The van der Waals surface area contributed by atoms with E-state index in [9.17, 15) is 9.59 Å². The van der Waals surface area contributed by atoms with Crippen LogP contribution in [0.25, 0.3) is 11.3 Å². The normalized spacial score (nSPS) is 10.7. The summed E-state index contributed by atoms with van der Waals surface area (Å²) in [6.07, 6.45) is 0. The summed E-state index contributed by atoms with van der Waals surface area (Å²) in [6, 6.07) is 15.1. The number of nitrogens with zero attached hydrogens (tertiary/aromatic N) is 1. The fraction of sp³-hybridized carbons (Fsp3) is 0.200. The molecule has 1 amide bonds. The lowest BCUT2D eigenvalue weighted by molar-refractivity contribution is 0.0948. The summed E-state index contributed by atoms with van der Waals surface area (Å²) in [7, 11) is 1.94. The molecule has 5 heteroatoms. The molecule has 0 aliphatic rings. The van der Waals surface area contributed by atoms with Gasteiger partial charge in [-0.3, -0.25) is 9.59 Å². The lowest BCUT2D eigenvalue weighted by atomic mass is 10.1. The number of carbonyl (C=O) groups excluding carboxylic acids is 1. The quantitative estimate of drug-likeness (QED) is 0.770. The largest absolute Gasteiger partial charge is 0.350 e. The average molecular weight is 335 g/mol. The third-order valence-corrected chi connectivity index (χ3v) is 4.39. The minimum Gasteiger partial charge on any atom is -0.350 e. The zero-order valence-electron chi connectivity index (χ0n) is 14.6. The van der Waals surface area contributed by atoms with E-state index >= 15 is 0 Å². The minimum atomic E-state index is -0.389. The highest BCUT2D eigenvalue weighted by atomic mass is 16.2. The molecule has 128 valence electrons. The second-order valence-electron chi connectivity index (χ2n) is 6.19. The van der Waals surface area contributed by atoms with Crippen molar-refractivity contribution < 1.29 is 4.79 Å². The van der Waals surface area contributed by atoms with Gasteiger partial charge in [0.25, 0.3) is 11.5 Å². The highest BCUT2D eigenvalue weighted by molar-refractivity contribution is 5.94. The van der Waals surface area contributed by atoms with E-state index < -0.39 is 0 Å². The van der Waals surface area contributed by atoms with Gasteiger partial charge in [0.05, 0.1) is 6.54 Å². The SMILES string of the molecule is Cc1cccc(-c2ccc(C(=O)NCc3ccc(C)n3C)c(=O)[nH]2)c1. The molecule has 0 atom stereocenters. The summed E-state index contributed by atoms with van der Waals surface area (Å²) in [5.41, 5.74) is 4.55. The number of aryl methyl sites for hydroxylation is 2. The smallest absolute Gasteiger partial charge is 0.261 e. The Balaban J connectivity index is 1.77. The standard InChI is InChI=1S/C20H21N3O2/c1-13-5-4-6-15(11-13)18-10-9-17(20(25)22-18)19(24)21-12-16-8-7-14(2)23(16)3/h4-11H,12H2,1-3H3,(H,21,24)(H,22,25). The molecule has 0 saturated carbocycles. The second-order valence-corrected chi connectivity index (χ2v) is 6.19. The van der Waals surface area contributed by atoms with Crippen molar-refractivity contribution in [1.29, 1.82) is 0 Å². The molecule has 2 heterocycles. The predicted molar refractivity (Wildman–Crippen MR) is 98.6 cm³/mol. The third-order valence-electron chi connectivity index (χ3n) is 4.39. The number of benzene rings is 1. The first-order valence-corrected chi connectivity index (χ1v) is 8.15. The molecular formula is C20H21N3O2. The van der Waals surface area contributed by atoms with Gasteiger partial charge in [-0.15, -0.1) is 0 Å². The van der Waals surface area contributed by atoms with Crippen LogP contribution in [0.5, 0.6) is 0 Å². The summed E-state index contributed by atoms with van der Waals surface area (Å²) in [4.78, 5) is 27.4.